The number of ether oxygens (including phenoxy) is 2. The van der Waals surface area contributed by atoms with Crippen molar-refractivity contribution in [3.63, 3.8) is 0 Å². The molecule has 1 heterocycles. The van der Waals surface area contributed by atoms with Crippen molar-refractivity contribution in [1.29, 1.82) is 0 Å². The Kier molecular flexibility index (Phi) is 7.43. The second-order valence-electron chi connectivity index (χ2n) is 6.86. The van der Waals surface area contributed by atoms with Gasteiger partial charge in [-0.15, -0.1) is 11.3 Å². The van der Waals surface area contributed by atoms with E-state index in [1.807, 2.05) is 61.7 Å². The molecule has 7 heteroatoms. The van der Waals surface area contributed by atoms with Gasteiger partial charge in [-0.1, -0.05) is 25.1 Å². The molecule has 0 spiro atoms. The number of methoxy groups -OCH3 is 2. The zero-order chi connectivity index (χ0) is 21.5. The van der Waals surface area contributed by atoms with E-state index in [-0.39, 0.29) is 12.5 Å². The van der Waals surface area contributed by atoms with E-state index >= 15 is 0 Å². The third-order valence-corrected chi connectivity index (χ3v) is 5.54. The third-order valence-electron chi connectivity index (χ3n) is 4.76. The fraction of sp³-hybridized carbons (Fsp3) is 0.304. The van der Waals surface area contributed by atoms with Gasteiger partial charge in [0, 0.05) is 34.8 Å². The average molecular weight is 426 g/mol. The van der Waals surface area contributed by atoms with Crippen LogP contribution in [0, 0.1) is 6.92 Å². The molecular formula is C23H27N3O3S. The number of hydrogen-bond donors (Lipinski definition) is 1. The molecule has 6 nitrogen and oxygen atoms in total. The second kappa shape index (κ2) is 10.2. The van der Waals surface area contributed by atoms with Crippen molar-refractivity contribution >= 4 is 22.9 Å². The van der Waals surface area contributed by atoms with Crippen LogP contribution in [0.25, 0.3) is 11.3 Å². The smallest absolute Gasteiger partial charge is 0.238 e. The fourth-order valence-electron chi connectivity index (χ4n) is 3.16. The average Bonchev–Trinajstić information content (AvgIpc) is 3.20. The number of aryl methyl sites for hydroxylation is 1. The summed E-state index contributed by atoms with van der Waals surface area (Å²) in [7, 11) is 3.26. The summed E-state index contributed by atoms with van der Waals surface area (Å²) in [6.45, 7) is 5.65. The molecule has 1 aromatic heterocycles. The summed E-state index contributed by atoms with van der Waals surface area (Å²) in [6, 6.07) is 13.5. The molecule has 1 amide bonds. The van der Waals surface area contributed by atoms with Crippen LogP contribution in [0.5, 0.6) is 11.5 Å². The van der Waals surface area contributed by atoms with Gasteiger partial charge >= 0.3 is 0 Å². The zero-order valence-corrected chi connectivity index (χ0v) is 18.6. The van der Waals surface area contributed by atoms with Gasteiger partial charge in [0.15, 0.2) is 0 Å². The van der Waals surface area contributed by atoms with E-state index in [4.69, 9.17) is 9.47 Å². The lowest BCUT2D eigenvalue weighted by atomic mass is 10.1. The van der Waals surface area contributed by atoms with E-state index in [0.29, 0.717) is 6.54 Å². The number of carbonyl (C=O) groups is 1. The fourth-order valence-corrected chi connectivity index (χ4v) is 3.78. The van der Waals surface area contributed by atoms with Crippen LogP contribution in [0.1, 0.15) is 17.5 Å². The molecule has 3 aromatic rings. The molecular weight excluding hydrogens is 398 g/mol. The predicted molar refractivity (Wildman–Crippen MR) is 121 cm³/mol. The van der Waals surface area contributed by atoms with Crippen LogP contribution < -0.4 is 14.8 Å². The molecule has 0 fully saturated rings. The first-order valence-electron chi connectivity index (χ1n) is 9.78. The Morgan fingerprint density at radius 3 is 2.67 bits per heavy atom. The van der Waals surface area contributed by atoms with Crippen LogP contribution in [0.3, 0.4) is 0 Å². The SMILES string of the molecule is CCN(CC(=O)Nc1cccc(-c2csc(C)n2)c1)Cc1ccc(OC)cc1OC. The minimum atomic E-state index is -0.0593. The number of aromatic nitrogens is 1. The van der Waals surface area contributed by atoms with Gasteiger partial charge in [0.1, 0.15) is 11.5 Å². The Bertz CT molecular complexity index is 1000. The molecule has 0 aliphatic rings. The molecule has 0 unspecified atom stereocenters. The number of amides is 1. The minimum Gasteiger partial charge on any atom is -0.497 e. The summed E-state index contributed by atoms with van der Waals surface area (Å²) in [5, 5.41) is 6.05. The first kappa shape index (κ1) is 21.8. The molecule has 1 N–H and O–H groups in total. The number of hydrogen-bond acceptors (Lipinski definition) is 6. The van der Waals surface area contributed by atoms with E-state index in [2.05, 4.69) is 15.2 Å². The number of thiazole rings is 1. The summed E-state index contributed by atoms with van der Waals surface area (Å²) < 4.78 is 10.7. The van der Waals surface area contributed by atoms with Gasteiger partial charge < -0.3 is 14.8 Å². The van der Waals surface area contributed by atoms with Crippen LogP contribution >= 0.6 is 11.3 Å². The highest BCUT2D eigenvalue weighted by molar-refractivity contribution is 7.09. The van der Waals surface area contributed by atoms with Crippen molar-refractivity contribution in [2.24, 2.45) is 0 Å². The molecule has 158 valence electrons. The van der Waals surface area contributed by atoms with E-state index < -0.39 is 0 Å². The molecule has 0 atom stereocenters. The lowest BCUT2D eigenvalue weighted by Crippen LogP contribution is -2.32. The Hall–Kier alpha value is -2.90. The van der Waals surface area contributed by atoms with Crippen molar-refractivity contribution in [3.8, 4) is 22.8 Å². The molecule has 0 aliphatic heterocycles. The van der Waals surface area contributed by atoms with Crippen LogP contribution in [0.2, 0.25) is 0 Å². The molecule has 0 saturated heterocycles. The van der Waals surface area contributed by atoms with Crippen molar-refractivity contribution in [1.82, 2.24) is 9.88 Å². The molecule has 0 bridgehead atoms. The molecule has 2 aromatic carbocycles. The van der Waals surface area contributed by atoms with Gasteiger partial charge in [-0.05, 0) is 31.7 Å². The highest BCUT2D eigenvalue weighted by Gasteiger charge is 2.14. The van der Waals surface area contributed by atoms with Gasteiger partial charge in [0.05, 0.1) is 31.5 Å². The molecule has 0 aliphatic carbocycles. The van der Waals surface area contributed by atoms with Crippen molar-refractivity contribution < 1.29 is 14.3 Å². The summed E-state index contributed by atoms with van der Waals surface area (Å²) >= 11 is 1.61. The number of carbonyl (C=O) groups excluding carboxylic acids is 1. The van der Waals surface area contributed by atoms with E-state index in [1.54, 1.807) is 25.6 Å². The van der Waals surface area contributed by atoms with E-state index in [9.17, 15) is 4.79 Å². The first-order chi connectivity index (χ1) is 14.5. The summed E-state index contributed by atoms with van der Waals surface area (Å²) in [5.41, 5.74) is 3.69. The maximum Gasteiger partial charge on any atom is 0.238 e. The highest BCUT2D eigenvalue weighted by Crippen LogP contribution is 2.26. The van der Waals surface area contributed by atoms with Crippen molar-refractivity contribution in [2.45, 2.75) is 20.4 Å². The Morgan fingerprint density at radius 1 is 1.17 bits per heavy atom. The maximum absolute atomic E-state index is 12.7. The lowest BCUT2D eigenvalue weighted by molar-refractivity contribution is -0.117. The van der Waals surface area contributed by atoms with Crippen molar-refractivity contribution in [2.75, 3.05) is 32.6 Å². The van der Waals surface area contributed by atoms with Crippen LogP contribution in [-0.4, -0.2) is 43.1 Å². The number of benzene rings is 2. The highest BCUT2D eigenvalue weighted by atomic mass is 32.1. The Balaban J connectivity index is 1.65. The number of nitrogens with one attached hydrogen (secondary N) is 1. The van der Waals surface area contributed by atoms with E-state index in [1.165, 1.54) is 0 Å². The number of likely N-dealkylation sites (N-methyl/N-ethyl adjacent to an activating group) is 1. The van der Waals surface area contributed by atoms with Gasteiger partial charge in [-0.2, -0.15) is 0 Å². The molecule has 3 rings (SSSR count). The van der Waals surface area contributed by atoms with Gasteiger partial charge in [0.25, 0.3) is 0 Å². The topological polar surface area (TPSA) is 63.7 Å². The molecule has 30 heavy (non-hydrogen) atoms. The monoisotopic (exact) mass is 425 g/mol. The number of rotatable bonds is 9. The minimum absolute atomic E-state index is 0.0593. The number of nitrogens with zero attached hydrogens (tertiary/aromatic N) is 2. The van der Waals surface area contributed by atoms with Crippen LogP contribution in [0.15, 0.2) is 47.8 Å². The van der Waals surface area contributed by atoms with E-state index in [0.717, 1.165) is 45.6 Å². The Morgan fingerprint density at radius 2 is 2.00 bits per heavy atom. The normalized spacial score (nSPS) is 10.8. The maximum atomic E-state index is 12.7. The molecule has 0 radical (unpaired) electrons. The largest absolute Gasteiger partial charge is 0.497 e. The van der Waals surface area contributed by atoms with Gasteiger partial charge in [-0.25, -0.2) is 4.98 Å². The van der Waals surface area contributed by atoms with Gasteiger partial charge in [-0.3, -0.25) is 9.69 Å². The summed E-state index contributed by atoms with van der Waals surface area (Å²) in [6.07, 6.45) is 0. The predicted octanol–water partition coefficient (Wildman–Crippen LogP) is 4.60. The zero-order valence-electron chi connectivity index (χ0n) is 17.8. The van der Waals surface area contributed by atoms with Crippen molar-refractivity contribution in [3.05, 3.63) is 58.4 Å². The summed E-state index contributed by atoms with van der Waals surface area (Å²) in [5.74, 6) is 1.43. The van der Waals surface area contributed by atoms with Crippen LogP contribution in [0.4, 0.5) is 5.69 Å². The quantitative estimate of drug-likeness (QED) is 0.543. The molecule has 0 saturated carbocycles. The third kappa shape index (κ3) is 5.58. The summed E-state index contributed by atoms with van der Waals surface area (Å²) in [4.78, 5) is 19.2. The second-order valence-corrected chi connectivity index (χ2v) is 7.92. The standard InChI is InChI=1S/C23H27N3O3S/c1-5-26(13-18-9-10-20(28-3)12-22(18)29-4)14-23(27)25-19-8-6-7-17(11-19)21-15-30-16(2)24-21/h6-12,15H,5,13-14H2,1-4H3,(H,25,27). The first-order valence-corrected chi connectivity index (χ1v) is 10.7. The lowest BCUT2D eigenvalue weighted by Gasteiger charge is -2.21. The number of anilines is 1. The van der Waals surface area contributed by atoms with Gasteiger partial charge in [0.2, 0.25) is 5.91 Å². The van der Waals surface area contributed by atoms with Crippen LogP contribution in [-0.2, 0) is 11.3 Å². The Labute approximate surface area is 181 Å².